The maximum Gasteiger partial charge on any atom is 0.0945 e. The molecule has 2 aromatic rings. The summed E-state index contributed by atoms with van der Waals surface area (Å²) >= 11 is 4.29. The Labute approximate surface area is 129 Å². The molecule has 0 N–H and O–H groups in total. The van der Waals surface area contributed by atoms with E-state index in [1.807, 2.05) is 12.5 Å². The van der Waals surface area contributed by atoms with Gasteiger partial charge < -0.3 is 4.57 Å². The molecule has 0 amide bonds. The smallest absolute Gasteiger partial charge is 0.0945 e. The van der Waals surface area contributed by atoms with Gasteiger partial charge in [-0.1, -0.05) is 37.3 Å². The summed E-state index contributed by atoms with van der Waals surface area (Å²) in [7, 11) is 0. The minimum absolute atomic E-state index is 0.214. The van der Waals surface area contributed by atoms with E-state index in [9.17, 15) is 0 Å². The molecule has 2 unspecified atom stereocenters. The lowest BCUT2D eigenvalue weighted by Gasteiger charge is -2.28. The fourth-order valence-corrected chi connectivity index (χ4v) is 6.36. The molecule has 0 radical (unpaired) electrons. The van der Waals surface area contributed by atoms with E-state index in [-0.39, 0.29) is 4.08 Å². The number of hydrogen-bond acceptors (Lipinski definition) is 3. The molecule has 0 spiro atoms. The highest BCUT2D eigenvalue weighted by molar-refractivity contribution is 8.21. The molecule has 20 heavy (non-hydrogen) atoms. The molecule has 0 aliphatic carbocycles. The molecule has 1 saturated heterocycles. The highest BCUT2D eigenvalue weighted by Crippen LogP contribution is 2.58. The average molecular weight is 304 g/mol. The monoisotopic (exact) mass is 304 g/mol. The summed E-state index contributed by atoms with van der Waals surface area (Å²) in [6.45, 7) is 3.33. The molecule has 1 aromatic carbocycles. The summed E-state index contributed by atoms with van der Waals surface area (Å²) in [4.78, 5) is 4.14. The lowest BCUT2D eigenvalue weighted by molar-refractivity contribution is 0.614. The fraction of sp³-hybridized carbons (Fsp3) is 0.438. The predicted molar refractivity (Wildman–Crippen MR) is 89.1 cm³/mol. The van der Waals surface area contributed by atoms with Crippen molar-refractivity contribution in [3.63, 3.8) is 0 Å². The first-order chi connectivity index (χ1) is 9.82. The van der Waals surface area contributed by atoms with Crippen LogP contribution in [0.5, 0.6) is 0 Å². The lowest BCUT2D eigenvalue weighted by Crippen LogP contribution is -2.18. The van der Waals surface area contributed by atoms with Gasteiger partial charge in [-0.2, -0.15) is 0 Å². The van der Waals surface area contributed by atoms with Crippen LogP contribution in [0.2, 0.25) is 0 Å². The molecule has 2 nitrogen and oxygen atoms in total. The summed E-state index contributed by atoms with van der Waals surface area (Å²) in [6.07, 6.45) is 8.25. The summed E-state index contributed by atoms with van der Waals surface area (Å²) in [6, 6.07) is 11.0. The van der Waals surface area contributed by atoms with Crippen LogP contribution in [0.15, 0.2) is 49.1 Å². The first-order valence-corrected chi connectivity index (χ1v) is 9.02. The molecule has 2 heterocycles. The molecule has 1 aliphatic rings. The molecule has 1 aromatic heterocycles. The van der Waals surface area contributed by atoms with Gasteiger partial charge in [0.15, 0.2) is 0 Å². The van der Waals surface area contributed by atoms with E-state index in [0.29, 0.717) is 0 Å². The van der Waals surface area contributed by atoms with E-state index >= 15 is 0 Å². The van der Waals surface area contributed by atoms with Crippen molar-refractivity contribution in [3.8, 4) is 0 Å². The normalized spacial score (nSPS) is 25.9. The Morgan fingerprint density at radius 1 is 1.35 bits per heavy atom. The molecular formula is C16H20N2S2. The molecule has 106 valence electrons. The second kappa shape index (κ2) is 6.27. The Bertz CT molecular complexity index is 527. The average Bonchev–Trinajstić information content (AvgIpc) is 3.16. The molecular weight excluding hydrogens is 284 g/mol. The van der Waals surface area contributed by atoms with Crippen LogP contribution in [0.25, 0.3) is 0 Å². The Morgan fingerprint density at radius 3 is 2.85 bits per heavy atom. The van der Waals surface area contributed by atoms with Gasteiger partial charge >= 0.3 is 0 Å². The number of aromatic nitrogens is 2. The predicted octanol–water partition coefficient (Wildman–Crippen LogP) is 4.38. The molecule has 1 fully saturated rings. The van der Waals surface area contributed by atoms with E-state index < -0.39 is 0 Å². The highest BCUT2D eigenvalue weighted by atomic mass is 32.2. The van der Waals surface area contributed by atoms with Gasteiger partial charge in [0.1, 0.15) is 0 Å². The van der Waals surface area contributed by atoms with Crippen LogP contribution >= 0.6 is 23.5 Å². The van der Waals surface area contributed by atoms with Crippen molar-refractivity contribution in [1.29, 1.82) is 0 Å². The van der Waals surface area contributed by atoms with Gasteiger partial charge in [0.2, 0.25) is 0 Å². The van der Waals surface area contributed by atoms with E-state index in [2.05, 4.69) is 76.5 Å². The fourth-order valence-electron chi connectivity index (χ4n) is 2.58. The minimum Gasteiger partial charge on any atom is -0.337 e. The quantitative estimate of drug-likeness (QED) is 0.816. The number of benzene rings is 1. The summed E-state index contributed by atoms with van der Waals surface area (Å²) in [5.41, 5.74) is 1.46. The van der Waals surface area contributed by atoms with Crippen molar-refractivity contribution in [2.24, 2.45) is 0 Å². The SMILES string of the molecule is CCC1CSC(CCn2ccnc2)(c2ccccc2)S1. The number of imidazole rings is 1. The highest BCUT2D eigenvalue weighted by Gasteiger charge is 2.41. The third-order valence-electron chi connectivity index (χ3n) is 3.79. The van der Waals surface area contributed by atoms with E-state index in [1.165, 1.54) is 17.7 Å². The zero-order valence-electron chi connectivity index (χ0n) is 11.7. The zero-order chi connectivity index (χ0) is 13.8. The molecule has 1 aliphatic heterocycles. The van der Waals surface area contributed by atoms with Crippen LogP contribution in [0, 0.1) is 0 Å². The van der Waals surface area contributed by atoms with Gasteiger partial charge in [-0.25, -0.2) is 4.98 Å². The molecule has 4 heteroatoms. The number of rotatable bonds is 5. The lowest BCUT2D eigenvalue weighted by atomic mass is 10.1. The first kappa shape index (κ1) is 14.1. The van der Waals surface area contributed by atoms with Gasteiger partial charge in [-0.05, 0) is 18.4 Å². The molecule has 3 rings (SSSR count). The van der Waals surface area contributed by atoms with Crippen LogP contribution in [0.3, 0.4) is 0 Å². The van der Waals surface area contributed by atoms with Gasteiger partial charge in [-0.3, -0.25) is 0 Å². The molecule has 2 atom stereocenters. The van der Waals surface area contributed by atoms with Gasteiger partial charge in [0.05, 0.1) is 10.4 Å². The van der Waals surface area contributed by atoms with Crippen LogP contribution in [-0.2, 0) is 10.6 Å². The summed E-state index contributed by atoms with van der Waals surface area (Å²) in [5, 5.41) is 0.781. The van der Waals surface area contributed by atoms with E-state index in [1.54, 1.807) is 0 Å². The molecule has 0 saturated carbocycles. The Morgan fingerprint density at radius 2 is 2.20 bits per heavy atom. The maximum atomic E-state index is 4.14. The van der Waals surface area contributed by atoms with Crippen LogP contribution in [-0.4, -0.2) is 20.6 Å². The third-order valence-corrected chi connectivity index (χ3v) is 7.77. The second-order valence-electron chi connectivity index (χ2n) is 5.13. The molecule has 0 bridgehead atoms. The van der Waals surface area contributed by atoms with Crippen molar-refractivity contribution in [1.82, 2.24) is 9.55 Å². The minimum atomic E-state index is 0.214. The second-order valence-corrected chi connectivity index (χ2v) is 8.31. The number of thioether (sulfide) groups is 2. The topological polar surface area (TPSA) is 17.8 Å². The van der Waals surface area contributed by atoms with Crippen molar-refractivity contribution >= 4 is 23.5 Å². The van der Waals surface area contributed by atoms with E-state index in [0.717, 1.165) is 18.2 Å². The third kappa shape index (κ3) is 2.91. The van der Waals surface area contributed by atoms with Crippen molar-refractivity contribution in [3.05, 3.63) is 54.6 Å². The summed E-state index contributed by atoms with van der Waals surface area (Å²) in [5.74, 6) is 1.26. The van der Waals surface area contributed by atoms with Crippen LogP contribution in [0.4, 0.5) is 0 Å². The summed E-state index contributed by atoms with van der Waals surface area (Å²) < 4.78 is 2.40. The zero-order valence-corrected chi connectivity index (χ0v) is 13.4. The van der Waals surface area contributed by atoms with Crippen molar-refractivity contribution in [2.45, 2.75) is 35.6 Å². The van der Waals surface area contributed by atoms with E-state index in [4.69, 9.17) is 0 Å². The van der Waals surface area contributed by atoms with Crippen LogP contribution in [0.1, 0.15) is 25.3 Å². The van der Waals surface area contributed by atoms with Crippen molar-refractivity contribution < 1.29 is 0 Å². The first-order valence-electron chi connectivity index (χ1n) is 7.15. The number of hydrogen-bond donors (Lipinski definition) is 0. The Balaban J connectivity index is 1.81. The van der Waals surface area contributed by atoms with Gasteiger partial charge in [-0.15, -0.1) is 23.5 Å². The largest absolute Gasteiger partial charge is 0.337 e. The Kier molecular flexibility index (Phi) is 4.41. The number of nitrogens with zero attached hydrogens (tertiary/aromatic N) is 2. The van der Waals surface area contributed by atoms with Gasteiger partial charge in [0.25, 0.3) is 0 Å². The van der Waals surface area contributed by atoms with Crippen LogP contribution < -0.4 is 0 Å². The maximum absolute atomic E-state index is 4.14. The van der Waals surface area contributed by atoms with Gasteiger partial charge in [0, 0.05) is 29.9 Å². The Hall–Kier alpha value is -0.870. The standard InChI is InChI=1S/C16H20N2S2/c1-2-15-12-19-16(20-15,14-6-4-3-5-7-14)8-10-18-11-9-17-13-18/h3-7,9,11,13,15H,2,8,10,12H2,1H3. The number of aryl methyl sites for hydroxylation is 1. The van der Waals surface area contributed by atoms with Crippen molar-refractivity contribution in [2.75, 3.05) is 5.75 Å².